The van der Waals surface area contributed by atoms with Gasteiger partial charge in [-0.2, -0.15) is 4.99 Å². The first-order valence-electron chi connectivity index (χ1n) is 4.82. The van der Waals surface area contributed by atoms with Crippen molar-refractivity contribution in [2.24, 2.45) is 10.7 Å². The lowest BCUT2D eigenvalue weighted by Crippen LogP contribution is -2.01. The molecule has 0 saturated heterocycles. The first kappa shape index (κ1) is 13.6. The Morgan fingerprint density at radius 2 is 2.17 bits per heavy atom. The number of hydrogen-bond acceptors (Lipinski definition) is 4. The Hall–Kier alpha value is -0.790. The predicted molar refractivity (Wildman–Crippen MR) is 80.6 cm³/mol. The van der Waals surface area contributed by atoms with Crippen molar-refractivity contribution in [2.75, 3.05) is 7.11 Å². The minimum atomic E-state index is -0.323. The van der Waals surface area contributed by atoms with Crippen LogP contribution in [0.3, 0.4) is 0 Å². The topological polar surface area (TPSA) is 64.7 Å². The molecule has 0 radical (unpaired) electrons. The Morgan fingerprint density at radius 1 is 1.44 bits per heavy atom. The number of halogens is 2. The second-order valence-electron chi connectivity index (χ2n) is 3.38. The van der Waals surface area contributed by atoms with Gasteiger partial charge in [0.2, 0.25) is 0 Å². The number of nitrogens with two attached hydrogens (primary N) is 1. The highest BCUT2D eigenvalue weighted by molar-refractivity contribution is 9.11. The summed E-state index contributed by atoms with van der Waals surface area (Å²) in [5.41, 5.74) is 6.28. The molecule has 4 nitrogen and oxygen atoms in total. The molecule has 1 aliphatic heterocycles. The lowest BCUT2D eigenvalue weighted by Gasteiger charge is -2.08. The van der Waals surface area contributed by atoms with Crippen LogP contribution in [0.1, 0.15) is 5.56 Å². The van der Waals surface area contributed by atoms with Gasteiger partial charge in [-0.1, -0.05) is 15.9 Å². The summed E-state index contributed by atoms with van der Waals surface area (Å²) in [6.45, 7) is 0. The van der Waals surface area contributed by atoms with E-state index in [2.05, 4.69) is 36.9 Å². The molecule has 0 unspecified atom stereocenters. The molecule has 0 aliphatic carbocycles. The van der Waals surface area contributed by atoms with Gasteiger partial charge in [0.25, 0.3) is 5.91 Å². The molecule has 1 heterocycles. The molecular formula is C11H8Br2N2O2S. The molecule has 2 N–H and O–H groups in total. The average Bonchev–Trinajstić information content (AvgIpc) is 2.57. The van der Waals surface area contributed by atoms with Gasteiger partial charge in [0.15, 0.2) is 5.17 Å². The van der Waals surface area contributed by atoms with Crippen LogP contribution in [-0.2, 0) is 4.79 Å². The minimum absolute atomic E-state index is 0.263. The molecule has 94 valence electrons. The van der Waals surface area contributed by atoms with Crippen molar-refractivity contribution in [3.8, 4) is 5.75 Å². The van der Waals surface area contributed by atoms with Crippen molar-refractivity contribution in [3.05, 3.63) is 31.5 Å². The van der Waals surface area contributed by atoms with E-state index in [1.807, 2.05) is 12.1 Å². The highest BCUT2D eigenvalue weighted by atomic mass is 79.9. The zero-order valence-corrected chi connectivity index (χ0v) is 13.2. The number of thioether (sulfide) groups is 1. The third kappa shape index (κ3) is 2.78. The number of aliphatic imine (C=N–C) groups is 1. The number of nitrogens with zero attached hydrogens (tertiary/aromatic N) is 1. The molecule has 0 aromatic heterocycles. The van der Waals surface area contributed by atoms with Crippen LogP contribution in [0.5, 0.6) is 5.75 Å². The van der Waals surface area contributed by atoms with Crippen LogP contribution in [0.4, 0.5) is 0 Å². The molecule has 0 bridgehead atoms. The highest BCUT2D eigenvalue weighted by Gasteiger charge is 2.20. The molecule has 2 rings (SSSR count). The highest BCUT2D eigenvalue weighted by Crippen LogP contribution is 2.36. The SMILES string of the molecule is COc1c(Br)cc(Br)cc1/C=C1\SC(N)=NC1=O. The van der Waals surface area contributed by atoms with Gasteiger partial charge in [-0.3, -0.25) is 4.79 Å². The molecule has 1 aliphatic rings. The van der Waals surface area contributed by atoms with Gasteiger partial charge < -0.3 is 10.5 Å². The van der Waals surface area contributed by atoms with E-state index in [4.69, 9.17) is 10.5 Å². The maximum atomic E-state index is 11.5. The lowest BCUT2D eigenvalue weighted by molar-refractivity contribution is -0.113. The summed E-state index contributed by atoms with van der Waals surface area (Å²) in [7, 11) is 1.57. The van der Waals surface area contributed by atoms with E-state index in [-0.39, 0.29) is 11.1 Å². The number of rotatable bonds is 2. The number of methoxy groups -OCH3 is 1. The summed E-state index contributed by atoms with van der Waals surface area (Å²) >= 11 is 7.95. The van der Waals surface area contributed by atoms with Crippen LogP contribution in [0, 0.1) is 0 Å². The maximum Gasteiger partial charge on any atom is 0.286 e. The number of amides is 1. The van der Waals surface area contributed by atoms with E-state index >= 15 is 0 Å². The van der Waals surface area contributed by atoms with E-state index in [1.54, 1.807) is 13.2 Å². The fourth-order valence-electron chi connectivity index (χ4n) is 1.47. The average molecular weight is 392 g/mol. The molecule has 0 saturated carbocycles. The van der Waals surface area contributed by atoms with Crippen LogP contribution in [0.15, 0.2) is 31.0 Å². The molecule has 7 heteroatoms. The number of benzene rings is 1. The van der Waals surface area contributed by atoms with Crippen LogP contribution in [-0.4, -0.2) is 18.2 Å². The molecule has 1 aromatic carbocycles. The van der Waals surface area contributed by atoms with Crippen molar-refractivity contribution in [2.45, 2.75) is 0 Å². The summed E-state index contributed by atoms with van der Waals surface area (Å²) in [6, 6.07) is 3.73. The van der Waals surface area contributed by atoms with E-state index < -0.39 is 0 Å². The van der Waals surface area contributed by atoms with Gasteiger partial charge in [-0.15, -0.1) is 0 Å². The van der Waals surface area contributed by atoms with E-state index in [9.17, 15) is 4.79 Å². The molecule has 1 aromatic rings. The number of hydrogen-bond donors (Lipinski definition) is 1. The van der Waals surface area contributed by atoms with Crippen molar-refractivity contribution < 1.29 is 9.53 Å². The van der Waals surface area contributed by atoms with Gasteiger partial charge in [0.05, 0.1) is 16.5 Å². The van der Waals surface area contributed by atoms with Crippen molar-refractivity contribution in [3.63, 3.8) is 0 Å². The number of ether oxygens (including phenoxy) is 1. The van der Waals surface area contributed by atoms with Gasteiger partial charge in [0, 0.05) is 10.0 Å². The van der Waals surface area contributed by atoms with Crippen molar-refractivity contribution in [1.29, 1.82) is 0 Å². The Morgan fingerprint density at radius 3 is 2.72 bits per heavy atom. The summed E-state index contributed by atoms with van der Waals surface area (Å²) in [6.07, 6.45) is 1.71. The van der Waals surface area contributed by atoms with Crippen molar-refractivity contribution in [1.82, 2.24) is 0 Å². The monoisotopic (exact) mass is 390 g/mol. The minimum Gasteiger partial charge on any atom is -0.495 e. The summed E-state index contributed by atoms with van der Waals surface area (Å²) in [4.78, 5) is 15.7. The Balaban J connectivity index is 2.47. The Labute approximate surface area is 125 Å². The zero-order chi connectivity index (χ0) is 13.3. The van der Waals surface area contributed by atoms with Crippen LogP contribution in [0.25, 0.3) is 6.08 Å². The molecule has 0 fully saturated rings. The van der Waals surface area contributed by atoms with Gasteiger partial charge in [0.1, 0.15) is 5.75 Å². The van der Waals surface area contributed by atoms with Crippen LogP contribution < -0.4 is 10.5 Å². The lowest BCUT2D eigenvalue weighted by atomic mass is 10.2. The molecule has 0 spiro atoms. The van der Waals surface area contributed by atoms with E-state index in [0.29, 0.717) is 10.7 Å². The summed E-state index contributed by atoms with van der Waals surface area (Å²) in [5.74, 6) is 0.334. The quantitative estimate of drug-likeness (QED) is 0.786. The second-order valence-corrected chi connectivity index (χ2v) is 6.21. The normalized spacial score (nSPS) is 17.2. The fourth-order valence-corrected chi connectivity index (χ4v) is 3.56. The predicted octanol–water partition coefficient (Wildman–Crippen LogP) is 3.15. The van der Waals surface area contributed by atoms with Crippen LogP contribution in [0.2, 0.25) is 0 Å². The molecule has 1 amide bonds. The summed E-state index contributed by atoms with van der Waals surface area (Å²) < 4.78 is 6.98. The van der Waals surface area contributed by atoms with Gasteiger partial charge in [-0.05, 0) is 45.9 Å². The number of amidine groups is 1. The smallest absolute Gasteiger partial charge is 0.286 e. The fraction of sp³-hybridized carbons (Fsp3) is 0.0909. The number of carbonyl (C=O) groups is 1. The molecule has 0 atom stereocenters. The van der Waals surface area contributed by atoms with Gasteiger partial charge in [-0.25, -0.2) is 0 Å². The molecule has 18 heavy (non-hydrogen) atoms. The van der Waals surface area contributed by atoms with Gasteiger partial charge >= 0.3 is 0 Å². The van der Waals surface area contributed by atoms with E-state index in [1.165, 1.54) is 0 Å². The third-order valence-corrected chi connectivity index (χ3v) is 4.02. The largest absolute Gasteiger partial charge is 0.495 e. The number of carbonyl (C=O) groups excluding carboxylic acids is 1. The van der Waals surface area contributed by atoms with Crippen molar-refractivity contribution >= 4 is 60.8 Å². The van der Waals surface area contributed by atoms with Crippen LogP contribution >= 0.6 is 43.6 Å². The third-order valence-electron chi connectivity index (χ3n) is 2.16. The standard InChI is InChI=1S/C11H8Br2N2O2S/c1-17-9-5(2-6(12)4-7(9)13)3-8-10(16)15-11(14)18-8/h2-4H,1H3,(H2,14,15,16)/b8-3-. The first-order chi connectivity index (χ1) is 8.51. The maximum absolute atomic E-state index is 11.5. The van der Waals surface area contributed by atoms with E-state index in [0.717, 1.165) is 26.3 Å². The summed E-state index contributed by atoms with van der Waals surface area (Å²) in [5, 5.41) is 0.263. The first-order valence-corrected chi connectivity index (χ1v) is 7.22. The second kappa shape index (κ2) is 5.46. The molecular weight excluding hydrogens is 384 g/mol. The zero-order valence-electron chi connectivity index (χ0n) is 9.24. The Kier molecular flexibility index (Phi) is 4.14. The Bertz CT molecular complexity index is 585.